The van der Waals surface area contributed by atoms with Gasteiger partial charge in [-0.05, 0) is 38.7 Å². The van der Waals surface area contributed by atoms with Gasteiger partial charge in [0.25, 0.3) is 0 Å². The maximum Gasteiger partial charge on any atom is 0.123 e. The molecule has 0 fully saturated rings. The van der Waals surface area contributed by atoms with Gasteiger partial charge in [-0.3, -0.25) is 0 Å². The number of nitrogens with zero attached hydrogens (tertiary/aromatic N) is 1. The van der Waals surface area contributed by atoms with Crippen molar-refractivity contribution in [2.24, 2.45) is 0 Å². The molecule has 17 heavy (non-hydrogen) atoms. The summed E-state index contributed by atoms with van der Waals surface area (Å²) in [6, 6.07) is 5.86. The van der Waals surface area contributed by atoms with Crippen molar-refractivity contribution < 1.29 is 9.47 Å². The van der Waals surface area contributed by atoms with E-state index in [1.54, 1.807) is 7.11 Å². The Morgan fingerprint density at radius 2 is 2.12 bits per heavy atom. The van der Waals surface area contributed by atoms with Crippen LogP contribution in [-0.2, 0) is 6.42 Å². The first-order valence-electron chi connectivity index (χ1n) is 5.72. The lowest BCUT2D eigenvalue weighted by atomic mass is 10.1. The highest BCUT2D eigenvalue weighted by Crippen LogP contribution is 2.24. The third-order valence-corrected chi connectivity index (χ3v) is 2.43. The zero-order valence-electron chi connectivity index (χ0n) is 10.9. The summed E-state index contributed by atoms with van der Waals surface area (Å²) in [5.74, 6) is 1.76. The van der Waals surface area contributed by atoms with Crippen LogP contribution in [0.2, 0.25) is 0 Å². The van der Waals surface area contributed by atoms with Crippen molar-refractivity contribution in [1.82, 2.24) is 4.90 Å². The minimum Gasteiger partial charge on any atom is -0.497 e. The Hall–Kier alpha value is -1.48. The number of benzene rings is 1. The fraction of sp³-hybridized carbons (Fsp3) is 0.429. The van der Waals surface area contributed by atoms with Gasteiger partial charge in [0.2, 0.25) is 0 Å². The van der Waals surface area contributed by atoms with Crippen molar-refractivity contribution in [3.05, 3.63) is 36.4 Å². The van der Waals surface area contributed by atoms with Crippen LogP contribution in [0.5, 0.6) is 11.5 Å². The molecule has 0 aliphatic heterocycles. The van der Waals surface area contributed by atoms with E-state index in [1.807, 2.05) is 38.4 Å². The molecule has 94 valence electrons. The van der Waals surface area contributed by atoms with Crippen molar-refractivity contribution in [2.45, 2.75) is 6.42 Å². The molecule has 3 nitrogen and oxygen atoms in total. The zero-order chi connectivity index (χ0) is 12.7. The van der Waals surface area contributed by atoms with Crippen LogP contribution < -0.4 is 9.47 Å². The number of methoxy groups -OCH3 is 1. The fourth-order valence-corrected chi connectivity index (χ4v) is 1.48. The largest absolute Gasteiger partial charge is 0.497 e. The molecule has 1 aromatic carbocycles. The van der Waals surface area contributed by atoms with Gasteiger partial charge in [0.05, 0.1) is 7.11 Å². The third kappa shape index (κ3) is 4.49. The van der Waals surface area contributed by atoms with Crippen LogP contribution in [0.4, 0.5) is 0 Å². The highest BCUT2D eigenvalue weighted by atomic mass is 16.5. The van der Waals surface area contributed by atoms with E-state index in [2.05, 4.69) is 11.5 Å². The van der Waals surface area contributed by atoms with Crippen molar-refractivity contribution >= 4 is 0 Å². The molecule has 1 rings (SSSR count). The average Bonchev–Trinajstić information content (AvgIpc) is 2.31. The third-order valence-electron chi connectivity index (χ3n) is 2.43. The lowest BCUT2D eigenvalue weighted by molar-refractivity contribution is 0.259. The molecule has 0 spiro atoms. The summed E-state index contributed by atoms with van der Waals surface area (Å²) < 4.78 is 11.0. The van der Waals surface area contributed by atoms with E-state index in [9.17, 15) is 0 Å². The summed E-state index contributed by atoms with van der Waals surface area (Å²) in [4.78, 5) is 2.09. The van der Waals surface area contributed by atoms with Gasteiger partial charge >= 0.3 is 0 Å². The second-order valence-electron chi connectivity index (χ2n) is 4.12. The zero-order valence-corrected chi connectivity index (χ0v) is 10.9. The van der Waals surface area contributed by atoms with Gasteiger partial charge < -0.3 is 14.4 Å². The molecule has 0 radical (unpaired) electrons. The Balaban J connectivity index is 2.71. The van der Waals surface area contributed by atoms with E-state index < -0.39 is 0 Å². The molecule has 0 saturated heterocycles. The molecule has 0 unspecified atom stereocenters. The van der Waals surface area contributed by atoms with Crippen LogP contribution in [0.1, 0.15) is 5.56 Å². The maximum atomic E-state index is 5.76. The summed E-state index contributed by atoms with van der Waals surface area (Å²) in [6.45, 7) is 5.34. The van der Waals surface area contributed by atoms with Gasteiger partial charge in [-0.15, -0.1) is 6.58 Å². The predicted octanol–water partition coefficient (Wildman–Crippen LogP) is 2.36. The number of likely N-dealkylation sites (N-methyl/N-ethyl adjacent to an activating group) is 1. The van der Waals surface area contributed by atoms with Gasteiger partial charge in [0.15, 0.2) is 0 Å². The molecule has 0 atom stereocenters. The Morgan fingerprint density at radius 3 is 2.71 bits per heavy atom. The molecule has 0 aliphatic rings. The van der Waals surface area contributed by atoms with Crippen molar-refractivity contribution in [1.29, 1.82) is 0 Å². The quantitative estimate of drug-likeness (QED) is 0.677. The number of hydrogen-bond acceptors (Lipinski definition) is 3. The number of ether oxygens (including phenoxy) is 2. The summed E-state index contributed by atoms with van der Waals surface area (Å²) in [5, 5.41) is 0. The smallest absolute Gasteiger partial charge is 0.123 e. The molecule has 1 aromatic rings. The van der Waals surface area contributed by atoms with Crippen LogP contribution in [-0.4, -0.2) is 39.3 Å². The molecule has 0 heterocycles. The van der Waals surface area contributed by atoms with Crippen molar-refractivity contribution in [3.8, 4) is 11.5 Å². The standard InChI is InChI=1S/C14H21NO2/c1-5-6-12-11-13(16-4)7-8-14(12)17-10-9-15(2)3/h5,7-8,11H,1,6,9-10H2,2-4H3. The molecular formula is C14H21NO2. The Bertz CT molecular complexity index is 361. The van der Waals surface area contributed by atoms with E-state index in [4.69, 9.17) is 9.47 Å². The first-order chi connectivity index (χ1) is 8.17. The van der Waals surface area contributed by atoms with Gasteiger partial charge in [0, 0.05) is 12.1 Å². The maximum absolute atomic E-state index is 5.76. The second-order valence-corrected chi connectivity index (χ2v) is 4.12. The van der Waals surface area contributed by atoms with Gasteiger partial charge in [-0.2, -0.15) is 0 Å². The molecule has 0 N–H and O–H groups in total. The molecule has 0 amide bonds. The van der Waals surface area contributed by atoms with E-state index in [-0.39, 0.29) is 0 Å². The number of rotatable bonds is 7. The van der Waals surface area contributed by atoms with Gasteiger partial charge in [-0.1, -0.05) is 6.08 Å². The van der Waals surface area contributed by atoms with Crippen molar-refractivity contribution in [2.75, 3.05) is 34.4 Å². The van der Waals surface area contributed by atoms with Gasteiger partial charge in [0.1, 0.15) is 18.1 Å². The summed E-state index contributed by atoms with van der Waals surface area (Å²) in [5.41, 5.74) is 1.11. The highest BCUT2D eigenvalue weighted by Gasteiger charge is 2.04. The monoisotopic (exact) mass is 235 g/mol. The molecule has 0 bridgehead atoms. The van der Waals surface area contributed by atoms with Crippen LogP contribution in [0.15, 0.2) is 30.9 Å². The molecule has 0 aliphatic carbocycles. The van der Waals surface area contributed by atoms with Crippen LogP contribution in [0.25, 0.3) is 0 Å². The minimum absolute atomic E-state index is 0.684. The van der Waals surface area contributed by atoms with E-state index in [0.717, 1.165) is 30.0 Å². The average molecular weight is 235 g/mol. The molecular weight excluding hydrogens is 214 g/mol. The molecule has 0 saturated carbocycles. The first kappa shape index (κ1) is 13.6. The van der Waals surface area contributed by atoms with Gasteiger partial charge in [-0.25, -0.2) is 0 Å². The molecule has 0 aromatic heterocycles. The summed E-state index contributed by atoms with van der Waals surface area (Å²) in [6.07, 6.45) is 2.65. The Kier molecular flexibility index (Phi) is 5.57. The minimum atomic E-state index is 0.684. The highest BCUT2D eigenvalue weighted by molar-refractivity contribution is 5.41. The lowest BCUT2D eigenvalue weighted by Crippen LogP contribution is -2.19. The van der Waals surface area contributed by atoms with E-state index >= 15 is 0 Å². The lowest BCUT2D eigenvalue weighted by Gasteiger charge is -2.14. The Labute approximate surface area is 104 Å². The number of allylic oxidation sites excluding steroid dienone is 1. The Morgan fingerprint density at radius 1 is 1.35 bits per heavy atom. The van der Waals surface area contributed by atoms with E-state index in [0.29, 0.717) is 6.61 Å². The van der Waals surface area contributed by atoms with Crippen LogP contribution in [0, 0.1) is 0 Å². The fourth-order valence-electron chi connectivity index (χ4n) is 1.48. The van der Waals surface area contributed by atoms with E-state index in [1.165, 1.54) is 0 Å². The SMILES string of the molecule is C=CCc1cc(OC)ccc1OCCN(C)C. The second kappa shape index (κ2) is 6.97. The predicted molar refractivity (Wildman–Crippen MR) is 70.9 cm³/mol. The number of hydrogen-bond donors (Lipinski definition) is 0. The van der Waals surface area contributed by atoms with Crippen molar-refractivity contribution in [3.63, 3.8) is 0 Å². The topological polar surface area (TPSA) is 21.7 Å². The first-order valence-corrected chi connectivity index (χ1v) is 5.72. The normalized spacial score (nSPS) is 10.4. The van der Waals surface area contributed by atoms with Crippen LogP contribution in [0.3, 0.4) is 0 Å². The summed E-state index contributed by atoms with van der Waals surface area (Å²) >= 11 is 0. The molecule has 3 heteroatoms. The van der Waals surface area contributed by atoms with Crippen LogP contribution >= 0.6 is 0 Å². The summed E-state index contributed by atoms with van der Waals surface area (Å²) in [7, 11) is 5.73.